The fourth-order valence-corrected chi connectivity index (χ4v) is 9.89. The molecule has 4 nitrogen and oxygen atoms in total. The maximum atomic E-state index is 14.7. The average molecular weight is 843 g/mol. The number of aromatic nitrogens is 2. The third-order valence-corrected chi connectivity index (χ3v) is 13.1. The lowest BCUT2D eigenvalue weighted by Crippen LogP contribution is -2.15. The van der Waals surface area contributed by atoms with E-state index in [2.05, 4.69) is 184 Å². The van der Waals surface area contributed by atoms with Crippen LogP contribution in [0.25, 0.3) is 76.2 Å². The number of hydrogen-bond donors (Lipinski definition) is 0. The summed E-state index contributed by atoms with van der Waals surface area (Å²) in [6.07, 6.45) is 0. The zero-order valence-corrected chi connectivity index (χ0v) is 36.4. The molecule has 54 heavy (non-hydrogen) atoms. The number of hydrogen-bond acceptors (Lipinski definition) is 2. The Labute approximate surface area is 332 Å². The molecule has 0 spiro atoms. The number of rotatable bonds is 0. The molecule has 4 aromatic heterocycles. The van der Waals surface area contributed by atoms with E-state index in [9.17, 15) is 9.59 Å². The Hall–Kier alpha value is -4.00. The number of pyridine rings is 2. The Balaban J connectivity index is 1.60. The molecule has 0 aliphatic rings. The van der Waals surface area contributed by atoms with Gasteiger partial charge in [-0.1, -0.05) is 83.1 Å². The maximum absolute atomic E-state index is 14.7. The quantitative estimate of drug-likeness (QED) is 0.143. The molecule has 6 heteroatoms. The van der Waals surface area contributed by atoms with Crippen LogP contribution in [0.2, 0.25) is 0 Å². The van der Waals surface area contributed by atoms with Gasteiger partial charge in [-0.25, -0.2) is 0 Å². The minimum Gasteiger partial charge on any atom is -0.307 e. The summed E-state index contributed by atoms with van der Waals surface area (Å²) < 4.78 is 6.44. The molecule has 0 radical (unpaired) electrons. The fourth-order valence-electron chi connectivity index (χ4n) is 8.61. The highest BCUT2D eigenvalue weighted by molar-refractivity contribution is 9.11. The molecule has 9 rings (SSSR count). The molecule has 0 saturated carbocycles. The first-order chi connectivity index (χ1) is 25.0. The number of nitrogens with zero attached hydrogens (tertiary/aromatic N) is 2. The summed E-state index contributed by atoms with van der Waals surface area (Å²) in [5.74, 6) is 0. The molecule has 5 aromatic carbocycles. The van der Waals surface area contributed by atoms with Crippen LogP contribution in [0.5, 0.6) is 0 Å². The molecule has 0 aliphatic carbocycles. The molecule has 0 bridgehead atoms. The topological polar surface area (TPSA) is 43.0 Å². The van der Waals surface area contributed by atoms with Crippen molar-refractivity contribution in [3.05, 3.63) is 112 Å². The van der Waals surface area contributed by atoms with Gasteiger partial charge in [0, 0.05) is 52.0 Å². The minimum absolute atomic E-state index is 0.0580. The normalized spacial score (nSPS) is 13.9. The summed E-state index contributed by atoms with van der Waals surface area (Å²) in [5.41, 5.74) is 9.67. The van der Waals surface area contributed by atoms with Crippen molar-refractivity contribution in [3.63, 3.8) is 0 Å². The largest absolute Gasteiger partial charge is 0.307 e. The van der Waals surface area contributed by atoms with E-state index in [0.717, 1.165) is 96.6 Å². The Kier molecular flexibility index (Phi) is 7.17. The molecule has 9 aromatic rings. The lowest BCUT2D eigenvalue weighted by molar-refractivity contribution is 0.590. The number of fused-ring (bicyclic) bond motifs is 10. The van der Waals surface area contributed by atoms with Crippen LogP contribution in [0.4, 0.5) is 0 Å². The molecule has 0 atom stereocenters. The Morgan fingerprint density at radius 1 is 0.352 bits per heavy atom. The first-order valence-corrected chi connectivity index (χ1v) is 20.5. The Morgan fingerprint density at radius 2 is 0.611 bits per heavy atom. The van der Waals surface area contributed by atoms with E-state index in [4.69, 9.17) is 0 Å². The van der Waals surface area contributed by atoms with Gasteiger partial charge in [-0.2, -0.15) is 0 Å². The van der Waals surface area contributed by atoms with E-state index < -0.39 is 0 Å². The predicted molar refractivity (Wildman–Crippen MR) is 238 cm³/mol. The van der Waals surface area contributed by atoms with Crippen LogP contribution >= 0.6 is 31.9 Å². The van der Waals surface area contributed by atoms with E-state index >= 15 is 0 Å². The second-order valence-electron chi connectivity index (χ2n) is 19.8. The van der Waals surface area contributed by atoms with Crippen LogP contribution in [0.3, 0.4) is 0 Å². The van der Waals surface area contributed by atoms with E-state index in [-0.39, 0.29) is 32.5 Å². The third-order valence-electron chi connectivity index (χ3n) is 11.9. The van der Waals surface area contributed by atoms with Crippen LogP contribution in [0, 0.1) is 0 Å². The van der Waals surface area contributed by atoms with Crippen LogP contribution in [-0.2, 0) is 21.7 Å². The van der Waals surface area contributed by atoms with E-state index in [0.29, 0.717) is 10.8 Å². The summed E-state index contributed by atoms with van der Waals surface area (Å²) in [6, 6.07) is 22.0. The van der Waals surface area contributed by atoms with Crippen LogP contribution < -0.4 is 10.9 Å². The van der Waals surface area contributed by atoms with Gasteiger partial charge in [0.1, 0.15) is 0 Å². The Morgan fingerprint density at radius 3 is 0.907 bits per heavy atom. The second kappa shape index (κ2) is 10.9. The molecule has 4 heterocycles. The molecule has 0 saturated heterocycles. The average Bonchev–Trinajstić information content (AvgIpc) is 3.55. The van der Waals surface area contributed by atoms with Gasteiger partial charge in [0.15, 0.2) is 10.9 Å². The van der Waals surface area contributed by atoms with Gasteiger partial charge in [-0.15, -0.1) is 0 Å². The smallest absolute Gasteiger partial charge is 0.197 e. The van der Waals surface area contributed by atoms with Gasteiger partial charge in [0.2, 0.25) is 0 Å². The highest BCUT2D eigenvalue weighted by atomic mass is 79.9. The van der Waals surface area contributed by atoms with E-state index in [1.165, 1.54) is 0 Å². The highest BCUT2D eigenvalue weighted by Gasteiger charge is 2.29. The predicted octanol–water partition coefficient (Wildman–Crippen LogP) is 13.4. The molecule has 0 unspecified atom stereocenters. The van der Waals surface area contributed by atoms with Gasteiger partial charge in [0.25, 0.3) is 0 Å². The van der Waals surface area contributed by atoms with Crippen molar-refractivity contribution in [1.29, 1.82) is 0 Å². The fraction of sp³-hybridized carbons (Fsp3) is 0.333. The van der Waals surface area contributed by atoms with Gasteiger partial charge in [-0.3, -0.25) is 9.59 Å². The molecule has 0 aliphatic heterocycles. The summed E-state index contributed by atoms with van der Waals surface area (Å²) in [6.45, 7) is 26.4. The zero-order valence-electron chi connectivity index (χ0n) is 33.2. The first kappa shape index (κ1) is 35.7. The second-order valence-corrected chi connectivity index (χ2v) is 21.5. The molecule has 274 valence electrons. The van der Waals surface area contributed by atoms with Crippen molar-refractivity contribution in [1.82, 2.24) is 8.80 Å². The molecular weight excluding hydrogens is 796 g/mol. The molecule has 0 fully saturated rings. The lowest BCUT2D eigenvalue weighted by Gasteiger charge is -2.22. The summed E-state index contributed by atoms with van der Waals surface area (Å²) in [5, 5.41) is 7.17. The third kappa shape index (κ3) is 4.84. The first-order valence-electron chi connectivity index (χ1n) is 18.9. The van der Waals surface area contributed by atoms with Crippen molar-refractivity contribution in [3.8, 4) is 0 Å². The van der Waals surface area contributed by atoms with Crippen LogP contribution in [-0.4, -0.2) is 8.80 Å². The van der Waals surface area contributed by atoms with Crippen LogP contribution in [0.1, 0.15) is 105 Å². The van der Waals surface area contributed by atoms with Crippen molar-refractivity contribution in [2.45, 2.75) is 105 Å². The summed E-state index contributed by atoms with van der Waals surface area (Å²) in [4.78, 5) is 29.5. The van der Waals surface area contributed by atoms with Crippen molar-refractivity contribution < 1.29 is 0 Å². The van der Waals surface area contributed by atoms with Gasteiger partial charge in [0.05, 0.1) is 33.1 Å². The number of benzene rings is 5. The SMILES string of the molecule is CC(C)(C)c1cc(Br)c2c(c1)c(=O)c1cc(C(C)(C)C)cc3c4cc5c(cc4n2c13)c1cc(C(C)(C)C)cc2c(=O)c3cc(C(C)(C)C)cc(Br)c3n5c21. The van der Waals surface area contributed by atoms with E-state index in [1.54, 1.807) is 0 Å². The van der Waals surface area contributed by atoms with Crippen LogP contribution in [0.15, 0.2) is 79.2 Å². The number of halogens is 2. The van der Waals surface area contributed by atoms with Gasteiger partial charge >= 0.3 is 0 Å². The Bertz CT molecular complexity index is 3030. The maximum Gasteiger partial charge on any atom is 0.197 e. The highest BCUT2D eigenvalue weighted by Crippen LogP contribution is 2.45. The molecule has 0 amide bonds. The summed E-state index contributed by atoms with van der Waals surface area (Å²) >= 11 is 7.95. The van der Waals surface area contributed by atoms with Crippen molar-refractivity contribution in [2.75, 3.05) is 0 Å². The van der Waals surface area contributed by atoms with Crippen molar-refractivity contribution in [2.24, 2.45) is 0 Å². The molecule has 0 N–H and O–H groups in total. The van der Waals surface area contributed by atoms with E-state index in [1.807, 2.05) is 0 Å². The monoisotopic (exact) mass is 840 g/mol. The lowest BCUT2D eigenvalue weighted by atomic mass is 9.84. The standard InChI is InChI=1S/C48H46Br2N2O2/c1-45(2,3)23-13-29-27-21-38-28(22-37(27)51-39(29)31(15-23)43(53)33-17-25(47(7,8)9)19-35(49)41(33)51)30-14-24(46(4,5)6)16-32-40(30)52(38)42-34(44(32)54)18-26(20-36(42)50)48(10,11)12/h13-22H,1-12H3. The van der Waals surface area contributed by atoms with Gasteiger partial charge in [-0.05, 0) is 136 Å². The summed E-state index contributed by atoms with van der Waals surface area (Å²) in [7, 11) is 0. The van der Waals surface area contributed by atoms with Gasteiger partial charge < -0.3 is 8.80 Å². The molecular formula is C48H46Br2N2O2. The zero-order chi connectivity index (χ0) is 38.9. The minimum atomic E-state index is -0.180. The van der Waals surface area contributed by atoms with Crippen molar-refractivity contribution >= 4 is 108 Å².